The van der Waals surface area contributed by atoms with Crippen LogP contribution in [0.15, 0.2) is 91.0 Å². The third-order valence-corrected chi connectivity index (χ3v) is 5.97. The van der Waals surface area contributed by atoms with E-state index in [1.165, 1.54) is 32.9 Å². The van der Waals surface area contributed by atoms with Gasteiger partial charge in [-0.2, -0.15) is 0 Å². The number of aryl methyl sites for hydroxylation is 1. The first-order valence-electron chi connectivity index (χ1n) is 10.8. The van der Waals surface area contributed by atoms with E-state index in [-0.39, 0.29) is 0 Å². The van der Waals surface area contributed by atoms with Gasteiger partial charge in [-0.3, -0.25) is 0 Å². The number of aromatic amines is 1. The minimum atomic E-state index is 0.901. The highest BCUT2D eigenvalue weighted by Gasteiger charge is 2.06. The summed E-state index contributed by atoms with van der Waals surface area (Å²) in [7, 11) is 0. The second-order valence-electron chi connectivity index (χ2n) is 8.07. The van der Waals surface area contributed by atoms with E-state index in [1.807, 2.05) is 37.3 Å². The predicted octanol–water partition coefficient (Wildman–Crippen LogP) is 7.41. The smallest absolute Gasteiger partial charge is 0.0894 e. The second kappa shape index (κ2) is 7.47. The predicted molar refractivity (Wildman–Crippen MR) is 134 cm³/mol. The number of para-hydroxylation sites is 3. The van der Waals surface area contributed by atoms with Crippen molar-refractivity contribution in [3.05, 3.63) is 108 Å². The molecule has 3 nitrogen and oxygen atoms in total. The van der Waals surface area contributed by atoms with Gasteiger partial charge in [-0.15, -0.1) is 0 Å². The summed E-state index contributed by atoms with van der Waals surface area (Å²) in [6, 6.07) is 31.7. The highest BCUT2D eigenvalue weighted by Crippen LogP contribution is 2.30. The second-order valence-corrected chi connectivity index (χ2v) is 8.07. The Kier molecular flexibility index (Phi) is 4.32. The number of nitrogens with zero attached hydrogens (tertiary/aromatic N) is 2. The number of H-pyrrole nitrogens is 1. The van der Waals surface area contributed by atoms with Crippen LogP contribution in [0.1, 0.15) is 17.0 Å². The molecule has 0 spiro atoms. The monoisotopic (exact) mass is 411 g/mol. The molecule has 0 saturated heterocycles. The molecule has 1 N–H and O–H groups in total. The van der Waals surface area contributed by atoms with Crippen LogP contribution < -0.4 is 0 Å². The molecule has 0 aliphatic rings. The molecule has 0 radical (unpaired) electrons. The van der Waals surface area contributed by atoms with Crippen LogP contribution in [0.2, 0.25) is 0 Å². The molecule has 6 aromatic rings. The highest BCUT2D eigenvalue weighted by molar-refractivity contribution is 6.08. The lowest BCUT2D eigenvalue weighted by molar-refractivity contribution is 1.16. The summed E-state index contributed by atoms with van der Waals surface area (Å²) in [5, 5.41) is 2.52. The molecule has 3 heteroatoms. The number of nitrogens with one attached hydrogen (secondary N) is 1. The Morgan fingerprint density at radius 3 is 2.16 bits per heavy atom. The molecular formula is C29H21N3. The fourth-order valence-corrected chi connectivity index (χ4v) is 4.25. The van der Waals surface area contributed by atoms with E-state index in [2.05, 4.69) is 82.8 Å². The molecule has 0 amide bonds. The largest absolute Gasteiger partial charge is 0.355 e. The summed E-state index contributed by atoms with van der Waals surface area (Å²) >= 11 is 0. The Morgan fingerprint density at radius 2 is 1.31 bits per heavy atom. The Balaban J connectivity index is 1.31. The molecule has 152 valence electrons. The summed E-state index contributed by atoms with van der Waals surface area (Å²) in [5.41, 5.74) is 9.58. The Hall–Kier alpha value is -4.24. The van der Waals surface area contributed by atoms with Crippen molar-refractivity contribution >= 4 is 45.0 Å². The van der Waals surface area contributed by atoms with Crippen LogP contribution in [0.25, 0.3) is 56.1 Å². The molecule has 2 heterocycles. The van der Waals surface area contributed by atoms with Gasteiger partial charge in [-0.05, 0) is 60.0 Å². The minimum Gasteiger partial charge on any atom is -0.355 e. The maximum atomic E-state index is 4.75. The Morgan fingerprint density at radius 1 is 0.625 bits per heavy atom. The van der Waals surface area contributed by atoms with Crippen LogP contribution in [0.3, 0.4) is 0 Å². The summed E-state index contributed by atoms with van der Waals surface area (Å²) in [6.07, 6.45) is 4.14. The summed E-state index contributed by atoms with van der Waals surface area (Å²) in [4.78, 5) is 12.9. The molecule has 0 unspecified atom stereocenters. The maximum Gasteiger partial charge on any atom is 0.0894 e. The number of hydrogen-bond donors (Lipinski definition) is 1. The van der Waals surface area contributed by atoms with Gasteiger partial charge in [0.2, 0.25) is 0 Å². The van der Waals surface area contributed by atoms with Crippen molar-refractivity contribution in [2.24, 2.45) is 0 Å². The summed E-state index contributed by atoms with van der Waals surface area (Å²) < 4.78 is 0. The normalized spacial score (nSPS) is 11.8. The molecule has 4 aromatic carbocycles. The first-order valence-corrected chi connectivity index (χ1v) is 10.8. The van der Waals surface area contributed by atoms with Crippen LogP contribution in [-0.4, -0.2) is 15.0 Å². The van der Waals surface area contributed by atoms with Gasteiger partial charge in [-0.25, -0.2) is 9.97 Å². The van der Waals surface area contributed by atoms with Crippen molar-refractivity contribution in [1.82, 2.24) is 15.0 Å². The van der Waals surface area contributed by atoms with E-state index in [1.54, 1.807) is 0 Å². The molecule has 0 fully saturated rings. The third kappa shape index (κ3) is 3.25. The van der Waals surface area contributed by atoms with Crippen LogP contribution in [0.5, 0.6) is 0 Å². The van der Waals surface area contributed by atoms with Crippen molar-refractivity contribution in [2.75, 3.05) is 0 Å². The average Bonchev–Trinajstić information content (AvgIpc) is 3.21. The summed E-state index contributed by atoms with van der Waals surface area (Å²) in [6.45, 7) is 2.00. The maximum absolute atomic E-state index is 4.75. The van der Waals surface area contributed by atoms with Gasteiger partial charge in [0.25, 0.3) is 0 Å². The van der Waals surface area contributed by atoms with Crippen molar-refractivity contribution in [3.8, 4) is 11.1 Å². The topological polar surface area (TPSA) is 41.6 Å². The Labute approximate surface area is 186 Å². The van der Waals surface area contributed by atoms with Crippen molar-refractivity contribution in [3.63, 3.8) is 0 Å². The molecule has 0 saturated carbocycles. The minimum absolute atomic E-state index is 0.901. The van der Waals surface area contributed by atoms with E-state index in [4.69, 9.17) is 4.98 Å². The highest BCUT2D eigenvalue weighted by atomic mass is 14.8. The third-order valence-electron chi connectivity index (χ3n) is 5.97. The van der Waals surface area contributed by atoms with Crippen LogP contribution in [0.4, 0.5) is 0 Å². The standard InChI is InChI=1S/C29H21N3/c1-19-25(31-29-9-5-4-8-28(29)30-19)16-12-20-10-13-21(14-11-20)22-15-17-27-24(18-22)23-6-2-3-7-26(23)32-27/h2-18,32H,1H3/b16-12+. The van der Waals surface area contributed by atoms with Gasteiger partial charge in [0.1, 0.15) is 0 Å². The fraction of sp³-hybridized carbons (Fsp3) is 0.0345. The Bertz CT molecular complexity index is 1620. The quantitative estimate of drug-likeness (QED) is 0.329. The van der Waals surface area contributed by atoms with Crippen LogP contribution in [-0.2, 0) is 0 Å². The number of benzene rings is 4. The molecule has 6 rings (SSSR count). The van der Waals surface area contributed by atoms with Crippen molar-refractivity contribution < 1.29 is 0 Å². The fourth-order valence-electron chi connectivity index (χ4n) is 4.25. The molecular weight excluding hydrogens is 390 g/mol. The first kappa shape index (κ1) is 18.5. The SMILES string of the molecule is Cc1nc2ccccc2nc1/C=C/c1ccc(-c2ccc3[nH]c4ccccc4c3c2)cc1. The van der Waals surface area contributed by atoms with Gasteiger partial charge in [-0.1, -0.05) is 66.7 Å². The number of rotatable bonds is 3. The molecule has 0 aliphatic heterocycles. The van der Waals surface area contributed by atoms with E-state index < -0.39 is 0 Å². The zero-order chi connectivity index (χ0) is 21.5. The molecule has 0 atom stereocenters. The van der Waals surface area contributed by atoms with E-state index in [0.29, 0.717) is 0 Å². The summed E-state index contributed by atoms with van der Waals surface area (Å²) in [5.74, 6) is 0. The van der Waals surface area contributed by atoms with Crippen LogP contribution in [0, 0.1) is 6.92 Å². The molecule has 2 aromatic heterocycles. The van der Waals surface area contributed by atoms with Gasteiger partial charge < -0.3 is 4.98 Å². The zero-order valence-electron chi connectivity index (χ0n) is 17.7. The van der Waals surface area contributed by atoms with Gasteiger partial charge >= 0.3 is 0 Å². The van der Waals surface area contributed by atoms with E-state index in [9.17, 15) is 0 Å². The molecule has 0 aliphatic carbocycles. The van der Waals surface area contributed by atoms with Gasteiger partial charge in [0, 0.05) is 21.8 Å². The van der Waals surface area contributed by atoms with Crippen LogP contribution >= 0.6 is 0 Å². The van der Waals surface area contributed by atoms with Crippen molar-refractivity contribution in [2.45, 2.75) is 6.92 Å². The van der Waals surface area contributed by atoms with E-state index >= 15 is 0 Å². The van der Waals surface area contributed by atoms with Gasteiger partial charge in [0.15, 0.2) is 0 Å². The lowest BCUT2D eigenvalue weighted by Gasteiger charge is -2.04. The lowest BCUT2D eigenvalue weighted by Crippen LogP contribution is -1.93. The molecule has 32 heavy (non-hydrogen) atoms. The average molecular weight is 412 g/mol. The first-order chi connectivity index (χ1) is 15.7. The number of fused-ring (bicyclic) bond motifs is 4. The number of hydrogen-bond acceptors (Lipinski definition) is 2. The molecule has 0 bridgehead atoms. The van der Waals surface area contributed by atoms with Crippen molar-refractivity contribution in [1.29, 1.82) is 0 Å². The van der Waals surface area contributed by atoms with E-state index in [0.717, 1.165) is 28.0 Å². The zero-order valence-corrected chi connectivity index (χ0v) is 17.7. The van der Waals surface area contributed by atoms with Gasteiger partial charge in [0.05, 0.1) is 22.4 Å². The number of aromatic nitrogens is 3. The lowest BCUT2D eigenvalue weighted by atomic mass is 10.0.